The van der Waals surface area contributed by atoms with E-state index in [0.29, 0.717) is 50.0 Å². The van der Waals surface area contributed by atoms with Crippen molar-refractivity contribution in [1.29, 1.82) is 0 Å². The Labute approximate surface area is 186 Å². The maximum Gasteiger partial charge on any atom is 0.269 e. The number of nitrogens with one attached hydrogen (secondary N) is 2. The molecule has 0 aromatic carbocycles. The van der Waals surface area contributed by atoms with Crippen LogP contribution in [0.4, 0.5) is 5.69 Å². The molecular weight excluding hydrogens is 406 g/mol. The highest BCUT2D eigenvalue weighted by atomic mass is 16.3. The highest BCUT2D eigenvalue weighted by Crippen LogP contribution is 2.30. The van der Waals surface area contributed by atoms with E-state index in [1.165, 1.54) is 0 Å². The Morgan fingerprint density at radius 1 is 1.28 bits per heavy atom. The molecule has 168 valence electrons. The van der Waals surface area contributed by atoms with Gasteiger partial charge in [0.25, 0.3) is 11.5 Å². The Balaban J connectivity index is 1.46. The number of amides is 1. The number of hydrogen-bond acceptors (Lipinski definition) is 6. The predicted molar refractivity (Wildman–Crippen MR) is 124 cm³/mol. The second kappa shape index (κ2) is 8.70. The van der Waals surface area contributed by atoms with Gasteiger partial charge in [0.2, 0.25) is 0 Å². The Morgan fingerprint density at radius 3 is 2.69 bits per heavy atom. The van der Waals surface area contributed by atoms with E-state index in [9.17, 15) is 14.7 Å². The van der Waals surface area contributed by atoms with Crippen molar-refractivity contribution in [3.63, 3.8) is 0 Å². The van der Waals surface area contributed by atoms with Gasteiger partial charge in [-0.1, -0.05) is 6.92 Å². The van der Waals surface area contributed by atoms with Crippen LogP contribution in [0.25, 0.3) is 11.0 Å². The minimum atomic E-state index is -0.834. The molecule has 1 aliphatic heterocycles. The van der Waals surface area contributed by atoms with Crippen LogP contribution < -0.4 is 15.8 Å². The lowest BCUT2D eigenvalue weighted by Crippen LogP contribution is -2.46. The number of hydrogen-bond donors (Lipinski definition) is 3. The van der Waals surface area contributed by atoms with E-state index in [4.69, 9.17) is 0 Å². The topological polar surface area (TPSA) is 111 Å². The third-order valence-electron chi connectivity index (χ3n) is 6.29. The van der Waals surface area contributed by atoms with Crippen molar-refractivity contribution < 1.29 is 9.90 Å². The summed E-state index contributed by atoms with van der Waals surface area (Å²) in [6.45, 7) is 5.22. The molecule has 1 aliphatic rings. The molecule has 0 radical (unpaired) electrons. The van der Waals surface area contributed by atoms with Crippen LogP contribution in [0, 0.1) is 6.92 Å². The van der Waals surface area contributed by atoms with Gasteiger partial charge >= 0.3 is 0 Å². The van der Waals surface area contributed by atoms with Gasteiger partial charge in [0.1, 0.15) is 5.69 Å². The number of pyridine rings is 3. The zero-order valence-corrected chi connectivity index (χ0v) is 18.7. The van der Waals surface area contributed by atoms with Crippen LogP contribution in [0.3, 0.4) is 0 Å². The molecule has 8 nitrogen and oxygen atoms in total. The predicted octanol–water partition coefficient (Wildman–Crippen LogP) is 2.12. The molecule has 1 fully saturated rings. The lowest BCUT2D eigenvalue weighted by atomic mass is 9.85. The van der Waals surface area contributed by atoms with Crippen LogP contribution in [0.2, 0.25) is 0 Å². The number of aromatic amines is 1. The lowest BCUT2D eigenvalue weighted by molar-refractivity contribution is 0.0165. The number of H-pyrrole nitrogens is 1. The van der Waals surface area contributed by atoms with Crippen LogP contribution in [0.15, 0.2) is 35.3 Å². The Morgan fingerprint density at radius 2 is 2.03 bits per heavy atom. The third-order valence-corrected chi connectivity index (χ3v) is 6.29. The molecule has 0 unspecified atom stereocenters. The van der Waals surface area contributed by atoms with Gasteiger partial charge in [0.15, 0.2) is 0 Å². The van der Waals surface area contributed by atoms with E-state index in [2.05, 4.69) is 25.2 Å². The fourth-order valence-electron chi connectivity index (χ4n) is 4.39. The first-order valence-corrected chi connectivity index (χ1v) is 11.0. The number of anilines is 1. The van der Waals surface area contributed by atoms with Crippen molar-refractivity contribution in [3.8, 4) is 0 Å². The first-order chi connectivity index (χ1) is 15.3. The SMILES string of the molecule is CCc1cc2ncc(CC3(O)CCN(c4ccc(C(=O)NC)nc4C)CC3)cc2[nH]c1=O. The Bertz CT molecular complexity index is 1210. The monoisotopic (exact) mass is 435 g/mol. The normalized spacial score (nSPS) is 15.7. The van der Waals surface area contributed by atoms with Crippen LogP contribution in [-0.2, 0) is 12.8 Å². The second-order valence-electron chi connectivity index (χ2n) is 8.52. The molecule has 1 saturated heterocycles. The summed E-state index contributed by atoms with van der Waals surface area (Å²) in [7, 11) is 1.59. The lowest BCUT2D eigenvalue weighted by Gasteiger charge is -2.39. The molecule has 0 spiro atoms. The highest BCUT2D eigenvalue weighted by molar-refractivity contribution is 5.92. The average molecular weight is 436 g/mol. The van der Waals surface area contributed by atoms with Crippen LogP contribution in [0.1, 0.15) is 47.1 Å². The summed E-state index contributed by atoms with van der Waals surface area (Å²) in [5.74, 6) is -0.205. The first kappa shape index (κ1) is 22.0. The number of fused-ring (bicyclic) bond motifs is 1. The molecule has 0 saturated carbocycles. The van der Waals surface area contributed by atoms with Gasteiger partial charge in [0, 0.05) is 38.3 Å². The standard InChI is InChI=1S/C24H29N5O3/c1-4-17-12-19-20(28-22(17)30)11-16(14-26-19)13-24(32)7-9-29(10-8-24)21-6-5-18(23(31)25-3)27-15(21)2/h5-6,11-12,14,32H,4,7-10,13H2,1-3H3,(H,25,31)(H,28,30). The zero-order valence-electron chi connectivity index (χ0n) is 18.7. The number of carbonyl (C=O) groups excluding carboxylic acids is 1. The van der Waals surface area contributed by atoms with Gasteiger partial charge in [-0.25, -0.2) is 4.98 Å². The second-order valence-corrected chi connectivity index (χ2v) is 8.52. The molecule has 32 heavy (non-hydrogen) atoms. The molecule has 3 aromatic heterocycles. The van der Waals surface area contributed by atoms with E-state index in [1.807, 2.05) is 32.0 Å². The van der Waals surface area contributed by atoms with Crippen molar-refractivity contribution in [2.75, 3.05) is 25.0 Å². The van der Waals surface area contributed by atoms with E-state index in [0.717, 1.165) is 28.0 Å². The van der Waals surface area contributed by atoms with Crippen molar-refractivity contribution in [1.82, 2.24) is 20.3 Å². The number of aromatic nitrogens is 3. The zero-order chi connectivity index (χ0) is 22.9. The number of aryl methyl sites for hydroxylation is 2. The molecule has 0 atom stereocenters. The third kappa shape index (κ3) is 4.36. The highest BCUT2D eigenvalue weighted by Gasteiger charge is 2.33. The van der Waals surface area contributed by atoms with Crippen molar-refractivity contribution in [3.05, 3.63) is 63.3 Å². The van der Waals surface area contributed by atoms with Gasteiger partial charge in [-0.05, 0) is 56.0 Å². The number of aliphatic hydroxyl groups is 1. The fourth-order valence-corrected chi connectivity index (χ4v) is 4.39. The Hall–Kier alpha value is -3.26. The average Bonchev–Trinajstić information content (AvgIpc) is 2.78. The molecular formula is C24H29N5O3. The molecule has 4 heterocycles. The minimum absolute atomic E-state index is 0.0858. The number of carbonyl (C=O) groups is 1. The summed E-state index contributed by atoms with van der Waals surface area (Å²) in [5, 5.41) is 13.8. The van der Waals surface area contributed by atoms with E-state index in [-0.39, 0.29) is 11.5 Å². The van der Waals surface area contributed by atoms with E-state index in [1.54, 1.807) is 19.3 Å². The van der Waals surface area contributed by atoms with Crippen LogP contribution in [0.5, 0.6) is 0 Å². The van der Waals surface area contributed by atoms with Crippen LogP contribution in [-0.4, -0.2) is 51.7 Å². The summed E-state index contributed by atoms with van der Waals surface area (Å²) in [6.07, 6.45) is 4.14. The van der Waals surface area contributed by atoms with E-state index >= 15 is 0 Å². The van der Waals surface area contributed by atoms with E-state index < -0.39 is 5.60 Å². The summed E-state index contributed by atoms with van der Waals surface area (Å²) in [6, 6.07) is 7.40. The summed E-state index contributed by atoms with van der Waals surface area (Å²) >= 11 is 0. The molecule has 1 amide bonds. The Kier molecular flexibility index (Phi) is 5.97. The van der Waals surface area contributed by atoms with Gasteiger partial charge in [-0.15, -0.1) is 0 Å². The molecule has 0 aliphatic carbocycles. The van der Waals surface area contributed by atoms with Gasteiger partial charge in [0.05, 0.1) is 28.0 Å². The van der Waals surface area contributed by atoms with Gasteiger partial charge in [-0.3, -0.25) is 14.6 Å². The molecule has 3 N–H and O–H groups in total. The summed E-state index contributed by atoms with van der Waals surface area (Å²) in [5.41, 5.74) is 4.34. The molecule has 8 heteroatoms. The largest absolute Gasteiger partial charge is 0.389 e. The fraction of sp³-hybridized carbons (Fsp3) is 0.417. The van der Waals surface area contributed by atoms with Crippen molar-refractivity contribution in [2.24, 2.45) is 0 Å². The van der Waals surface area contributed by atoms with Crippen molar-refractivity contribution >= 4 is 22.6 Å². The number of piperidine rings is 1. The summed E-state index contributed by atoms with van der Waals surface area (Å²) < 4.78 is 0. The quantitative estimate of drug-likeness (QED) is 0.566. The van der Waals surface area contributed by atoms with Gasteiger partial charge < -0.3 is 20.3 Å². The summed E-state index contributed by atoms with van der Waals surface area (Å²) in [4.78, 5) is 38.0. The first-order valence-electron chi connectivity index (χ1n) is 11.0. The van der Waals surface area contributed by atoms with Crippen LogP contribution >= 0.6 is 0 Å². The number of rotatable bonds is 5. The smallest absolute Gasteiger partial charge is 0.269 e. The minimum Gasteiger partial charge on any atom is -0.389 e. The molecule has 3 aromatic rings. The number of nitrogens with zero attached hydrogens (tertiary/aromatic N) is 3. The van der Waals surface area contributed by atoms with Gasteiger partial charge in [-0.2, -0.15) is 0 Å². The maximum atomic E-state index is 12.1. The molecule has 0 bridgehead atoms. The maximum absolute atomic E-state index is 12.1. The molecule has 4 rings (SSSR count). The van der Waals surface area contributed by atoms with Crippen molar-refractivity contribution in [2.45, 2.75) is 45.1 Å².